The number of rotatable bonds is 6. The molecule has 0 radical (unpaired) electrons. The standard InChI is InChI=1S/C19H21N3O4S/c1-13(23)21-14-7-9-15(10-8-14)27(25,26)20-11-19(24)17-12-22(2)18-6-4-3-5-16(17)18/h3-10,12,19-20,24H,11H2,1-2H3,(H,21,23). The van der Waals surface area contributed by atoms with Crippen LogP contribution in [0, 0.1) is 0 Å². The van der Waals surface area contributed by atoms with E-state index >= 15 is 0 Å². The molecule has 0 saturated heterocycles. The number of anilines is 1. The Labute approximate surface area is 157 Å². The minimum Gasteiger partial charge on any atom is -0.387 e. The Kier molecular flexibility index (Phi) is 5.31. The average molecular weight is 387 g/mol. The lowest BCUT2D eigenvalue weighted by atomic mass is 10.1. The largest absolute Gasteiger partial charge is 0.387 e. The summed E-state index contributed by atoms with van der Waals surface area (Å²) in [6.45, 7) is 1.23. The van der Waals surface area contributed by atoms with Crippen molar-refractivity contribution < 1.29 is 18.3 Å². The number of aliphatic hydroxyl groups excluding tert-OH is 1. The molecule has 0 fully saturated rings. The summed E-state index contributed by atoms with van der Waals surface area (Å²) >= 11 is 0. The summed E-state index contributed by atoms with van der Waals surface area (Å²) in [7, 11) is -1.91. The Morgan fingerprint density at radius 3 is 2.48 bits per heavy atom. The molecule has 2 aromatic carbocycles. The minimum absolute atomic E-state index is 0.0571. The van der Waals surface area contributed by atoms with Gasteiger partial charge in [-0.3, -0.25) is 4.79 Å². The van der Waals surface area contributed by atoms with Gasteiger partial charge in [0, 0.05) is 48.9 Å². The summed E-state index contributed by atoms with van der Waals surface area (Å²) in [5, 5.41) is 14.0. The topological polar surface area (TPSA) is 100 Å². The zero-order valence-electron chi connectivity index (χ0n) is 15.0. The van der Waals surface area contributed by atoms with Gasteiger partial charge in [-0.25, -0.2) is 13.1 Å². The number of nitrogens with one attached hydrogen (secondary N) is 2. The lowest BCUT2D eigenvalue weighted by Gasteiger charge is -2.12. The molecule has 3 aromatic rings. The highest BCUT2D eigenvalue weighted by Gasteiger charge is 2.19. The molecule has 1 unspecified atom stereocenters. The van der Waals surface area contributed by atoms with E-state index in [-0.39, 0.29) is 17.3 Å². The quantitative estimate of drug-likeness (QED) is 0.603. The number of para-hydroxylation sites is 1. The van der Waals surface area contributed by atoms with E-state index in [1.54, 1.807) is 6.20 Å². The van der Waals surface area contributed by atoms with Crippen molar-refractivity contribution in [2.24, 2.45) is 7.05 Å². The van der Waals surface area contributed by atoms with E-state index < -0.39 is 16.1 Å². The predicted molar refractivity (Wildman–Crippen MR) is 104 cm³/mol. The predicted octanol–water partition coefficient (Wildman–Crippen LogP) is 2.15. The Hall–Kier alpha value is -2.68. The summed E-state index contributed by atoms with van der Waals surface area (Å²) in [5.41, 5.74) is 2.14. The highest BCUT2D eigenvalue weighted by molar-refractivity contribution is 7.89. The molecule has 3 N–H and O–H groups in total. The summed E-state index contributed by atoms with van der Waals surface area (Å²) in [6, 6.07) is 13.4. The second-order valence-electron chi connectivity index (χ2n) is 6.29. The van der Waals surface area contributed by atoms with E-state index in [4.69, 9.17) is 0 Å². The van der Waals surface area contributed by atoms with Crippen LogP contribution < -0.4 is 10.0 Å². The van der Waals surface area contributed by atoms with Crippen LogP contribution in [0.2, 0.25) is 0 Å². The molecule has 0 saturated carbocycles. The minimum atomic E-state index is -3.78. The molecule has 0 spiro atoms. The second-order valence-corrected chi connectivity index (χ2v) is 8.05. The van der Waals surface area contributed by atoms with Gasteiger partial charge in [-0.2, -0.15) is 0 Å². The molecule has 0 aliphatic carbocycles. The van der Waals surface area contributed by atoms with Crippen molar-refractivity contribution in [3.8, 4) is 0 Å². The smallest absolute Gasteiger partial charge is 0.240 e. The molecule has 3 rings (SSSR count). The number of hydrogen-bond acceptors (Lipinski definition) is 4. The van der Waals surface area contributed by atoms with Crippen LogP contribution >= 0.6 is 0 Å². The van der Waals surface area contributed by atoms with Gasteiger partial charge in [0.05, 0.1) is 11.0 Å². The third-order valence-corrected chi connectivity index (χ3v) is 5.68. The van der Waals surface area contributed by atoms with E-state index in [1.165, 1.54) is 31.2 Å². The van der Waals surface area contributed by atoms with E-state index in [1.807, 2.05) is 35.9 Å². The molecule has 27 heavy (non-hydrogen) atoms. The number of aromatic nitrogens is 1. The van der Waals surface area contributed by atoms with Crippen molar-refractivity contribution in [1.82, 2.24) is 9.29 Å². The lowest BCUT2D eigenvalue weighted by Crippen LogP contribution is -2.28. The Balaban J connectivity index is 1.73. The van der Waals surface area contributed by atoms with Crippen LogP contribution in [-0.4, -0.2) is 30.5 Å². The molecule has 8 heteroatoms. The van der Waals surface area contributed by atoms with Gasteiger partial charge < -0.3 is 15.0 Å². The van der Waals surface area contributed by atoms with Crippen LogP contribution in [0.15, 0.2) is 59.6 Å². The molecule has 7 nitrogen and oxygen atoms in total. The fourth-order valence-corrected chi connectivity index (χ4v) is 3.98. The molecule has 0 bridgehead atoms. The van der Waals surface area contributed by atoms with Crippen LogP contribution in [0.25, 0.3) is 10.9 Å². The maximum absolute atomic E-state index is 12.5. The summed E-state index contributed by atoms with van der Waals surface area (Å²) < 4.78 is 29.2. The van der Waals surface area contributed by atoms with Gasteiger partial charge in [0.25, 0.3) is 0 Å². The fourth-order valence-electron chi connectivity index (χ4n) is 2.94. The van der Waals surface area contributed by atoms with Crippen molar-refractivity contribution in [3.63, 3.8) is 0 Å². The van der Waals surface area contributed by atoms with E-state index in [2.05, 4.69) is 10.0 Å². The maximum Gasteiger partial charge on any atom is 0.240 e. The Morgan fingerprint density at radius 1 is 1.15 bits per heavy atom. The summed E-state index contributed by atoms with van der Waals surface area (Å²) in [6.07, 6.45) is 0.816. The van der Waals surface area contributed by atoms with Gasteiger partial charge >= 0.3 is 0 Å². The Bertz CT molecular complexity index is 1070. The normalized spacial score (nSPS) is 12.9. The monoisotopic (exact) mass is 387 g/mol. The zero-order chi connectivity index (χ0) is 19.6. The second kappa shape index (κ2) is 7.51. The number of hydrogen-bond donors (Lipinski definition) is 3. The molecule has 1 heterocycles. The molecule has 1 aromatic heterocycles. The van der Waals surface area contributed by atoms with Crippen molar-refractivity contribution in [2.75, 3.05) is 11.9 Å². The fraction of sp³-hybridized carbons (Fsp3) is 0.211. The summed E-state index contributed by atoms with van der Waals surface area (Å²) in [5.74, 6) is -0.234. The van der Waals surface area contributed by atoms with Crippen molar-refractivity contribution in [3.05, 3.63) is 60.3 Å². The first-order valence-corrected chi connectivity index (χ1v) is 9.85. The molecule has 142 valence electrons. The molecule has 0 aliphatic rings. The van der Waals surface area contributed by atoms with Crippen LogP contribution in [0.4, 0.5) is 5.69 Å². The van der Waals surface area contributed by atoms with Gasteiger partial charge in [0.15, 0.2) is 0 Å². The highest BCUT2D eigenvalue weighted by atomic mass is 32.2. The number of sulfonamides is 1. The number of nitrogens with zero attached hydrogens (tertiary/aromatic N) is 1. The SMILES string of the molecule is CC(=O)Nc1ccc(S(=O)(=O)NCC(O)c2cn(C)c3ccccc23)cc1. The van der Waals surface area contributed by atoms with E-state index in [0.717, 1.165) is 10.9 Å². The number of benzene rings is 2. The van der Waals surface area contributed by atoms with E-state index in [0.29, 0.717) is 11.3 Å². The first kappa shape index (κ1) is 19.1. The van der Waals surface area contributed by atoms with Gasteiger partial charge in [0.1, 0.15) is 0 Å². The Morgan fingerprint density at radius 2 is 1.81 bits per heavy atom. The average Bonchev–Trinajstić information content (AvgIpc) is 2.97. The van der Waals surface area contributed by atoms with Crippen LogP contribution in [-0.2, 0) is 21.9 Å². The number of aryl methyl sites for hydroxylation is 1. The van der Waals surface area contributed by atoms with Crippen LogP contribution in [0.5, 0.6) is 0 Å². The third-order valence-electron chi connectivity index (χ3n) is 4.24. The summed E-state index contributed by atoms with van der Waals surface area (Å²) in [4.78, 5) is 11.1. The first-order valence-electron chi connectivity index (χ1n) is 8.37. The number of carbonyl (C=O) groups is 1. The van der Waals surface area contributed by atoms with Gasteiger partial charge in [-0.1, -0.05) is 18.2 Å². The van der Waals surface area contributed by atoms with Gasteiger partial charge in [-0.05, 0) is 30.3 Å². The number of aliphatic hydroxyl groups is 1. The molecular weight excluding hydrogens is 366 g/mol. The van der Waals surface area contributed by atoms with Crippen molar-refractivity contribution in [1.29, 1.82) is 0 Å². The molecule has 1 amide bonds. The van der Waals surface area contributed by atoms with Crippen LogP contribution in [0.1, 0.15) is 18.6 Å². The third kappa shape index (κ3) is 4.19. The van der Waals surface area contributed by atoms with Gasteiger partial charge in [-0.15, -0.1) is 0 Å². The number of carbonyl (C=O) groups excluding carboxylic acids is 1. The highest BCUT2D eigenvalue weighted by Crippen LogP contribution is 2.26. The van der Waals surface area contributed by atoms with Crippen LogP contribution in [0.3, 0.4) is 0 Å². The molecule has 0 aliphatic heterocycles. The first-order chi connectivity index (χ1) is 12.8. The number of fused-ring (bicyclic) bond motifs is 1. The van der Waals surface area contributed by atoms with Crippen molar-refractivity contribution in [2.45, 2.75) is 17.9 Å². The molecular formula is C19H21N3O4S. The van der Waals surface area contributed by atoms with Gasteiger partial charge in [0.2, 0.25) is 15.9 Å². The maximum atomic E-state index is 12.5. The number of amides is 1. The van der Waals surface area contributed by atoms with Crippen molar-refractivity contribution >= 4 is 32.5 Å². The zero-order valence-corrected chi connectivity index (χ0v) is 15.8. The lowest BCUT2D eigenvalue weighted by molar-refractivity contribution is -0.114. The van der Waals surface area contributed by atoms with E-state index in [9.17, 15) is 18.3 Å². The molecule has 1 atom stereocenters.